The van der Waals surface area contributed by atoms with Gasteiger partial charge in [0.15, 0.2) is 0 Å². The Morgan fingerprint density at radius 1 is 1.26 bits per heavy atom. The van der Waals surface area contributed by atoms with E-state index >= 15 is 0 Å². The second-order valence-corrected chi connectivity index (χ2v) is 5.84. The van der Waals surface area contributed by atoms with Crippen LogP contribution in [0.4, 0.5) is 0 Å². The summed E-state index contributed by atoms with van der Waals surface area (Å²) >= 11 is 3.44. The largest absolute Gasteiger partial charge is 0.496 e. The fourth-order valence-electron chi connectivity index (χ4n) is 2.48. The lowest BCUT2D eigenvalue weighted by atomic mass is 10.1. The second-order valence-electron chi connectivity index (χ2n) is 4.93. The second kappa shape index (κ2) is 6.94. The lowest BCUT2D eigenvalue weighted by Gasteiger charge is -2.21. The zero-order chi connectivity index (χ0) is 13.7. The van der Waals surface area contributed by atoms with E-state index in [1.54, 1.807) is 7.11 Å². The van der Waals surface area contributed by atoms with Crippen LogP contribution in [0.3, 0.4) is 0 Å². The number of hydrogen-bond acceptors (Lipinski definition) is 2. The van der Waals surface area contributed by atoms with E-state index < -0.39 is 0 Å². The van der Waals surface area contributed by atoms with Crippen LogP contribution >= 0.6 is 15.9 Å². The number of ether oxygens (including phenoxy) is 1. The summed E-state index contributed by atoms with van der Waals surface area (Å²) in [5.41, 5.74) is 0.950. The fourth-order valence-corrected chi connectivity index (χ4v) is 2.89. The van der Waals surface area contributed by atoms with Gasteiger partial charge in [-0.25, -0.2) is 0 Å². The maximum absolute atomic E-state index is 12.4. The molecule has 3 nitrogen and oxygen atoms in total. The van der Waals surface area contributed by atoms with Crippen molar-refractivity contribution in [3.05, 3.63) is 28.2 Å². The monoisotopic (exact) mass is 325 g/mol. The first kappa shape index (κ1) is 14.4. The molecule has 2 rings (SSSR count). The van der Waals surface area contributed by atoms with Crippen molar-refractivity contribution in [1.29, 1.82) is 0 Å². The normalized spacial score (nSPS) is 16.0. The minimum Gasteiger partial charge on any atom is -0.496 e. The maximum Gasteiger partial charge on any atom is 0.227 e. The van der Waals surface area contributed by atoms with Gasteiger partial charge >= 0.3 is 0 Å². The van der Waals surface area contributed by atoms with Gasteiger partial charge in [0, 0.05) is 23.1 Å². The summed E-state index contributed by atoms with van der Waals surface area (Å²) in [4.78, 5) is 14.3. The molecular formula is C15H20BrNO2. The molecule has 1 saturated heterocycles. The molecule has 0 spiro atoms. The molecule has 0 bridgehead atoms. The minimum atomic E-state index is 0.207. The molecule has 0 radical (unpaired) electrons. The van der Waals surface area contributed by atoms with Crippen molar-refractivity contribution in [3.63, 3.8) is 0 Å². The van der Waals surface area contributed by atoms with Crippen LogP contribution in [0.5, 0.6) is 5.75 Å². The van der Waals surface area contributed by atoms with Crippen molar-refractivity contribution in [3.8, 4) is 5.75 Å². The van der Waals surface area contributed by atoms with Crippen LogP contribution in [0.15, 0.2) is 22.7 Å². The third kappa shape index (κ3) is 3.96. The third-order valence-electron chi connectivity index (χ3n) is 3.54. The molecule has 1 fully saturated rings. The molecule has 1 aromatic carbocycles. The Morgan fingerprint density at radius 2 is 1.95 bits per heavy atom. The third-order valence-corrected chi connectivity index (χ3v) is 4.04. The molecular weight excluding hydrogens is 306 g/mol. The van der Waals surface area contributed by atoms with Gasteiger partial charge in [-0.3, -0.25) is 4.79 Å². The average Bonchev–Trinajstić information content (AvgIpc) is 2.68. The summed E-state index contributed by atoms with van der Waals surface area (Å²) in [7, 11) is 1.64. The Kier molecular flexibility index (Phi) is 5.25. The van der Waals surface area contributed by atoms with Gasteiger partial charge in [-0.2, -0.15) is 0 Å². The van der Waals surface area contributed by atoms with Crippen molar-refractivity contribution < 1.29 is 9.53 Å². The Balaban J connectivity index is 2.07. The van der Waals surface area contributed by atoms with Gasteiger partial charge in [-0.15, -0.1) is 0 Å². The smallest absolute Gasteiger partial charge is 0.227 e. The Hall–Kier alpha value is -1.03. The van der Waals surface area contributed by atoms with E-state index in [1.807, 2.05) is 23.1 Å². The van der Waals surface area contributed by atoms with E-state index in [0.717, 1.165) is 41.7 Å². The molecule has 0 aromatic heterocycles. The van der Waals surface area contributed by atoms with Crippen molar-refractivity contribution in [1.82, 2.24) is 4.90 Å². The summed E-state index contributed by atoms with van der Waals surface area (Å²) in [6.45, 7) is 1.80. The molecule has 1 aliphatic rings. The first-order valence-electron chi connectivity index (χ1n) is 6.81. The van der Waals surface area contributed by atoms with Gasteiger partial charge in [-0.05, 0) is 31.0 Å². The molecule has 19 heavy (non-hydrogen) atoms. The van der Waals surface area contributed by atoms with E-state index in [1.165, 1.54) is 12.8 Å². The van der Waals surface area contributed by atoms with Crippen LogP contribution in [-0.2, 0) is 11.2 Å². The van der Waals surface area contributed by atoms with Gasteiger partial charge < -0.3 is 9.64 Å². The highest BCUT2D eigenvalue weighted by Crippen LogP contribution is 2.24. The Bertz CT molecular complexity index is 440. The molecule has 0 saturated carbocycles. The van der Waals surface area contributed by atoms with Gasteiger partial charge in [0.05, 0.1) is 13.5 Å². The summed E-state index contributed by atoms with van der Waals surface area (Å²) in [5.74, 6) is 0.990. The summed E-state index contributed by atoms with van der Waals surface area (Å²) < 4.78 is 6.30. The number of halogens is 1. The van der Waals surface area contributed by atoms with E-state index in [0.29, 0.717) is 6.42 Å². The van der Waals surface area contributed by atoms with Crippen molar-refractivity contribution in [2.45, 2.75) is 32.1 Å². The van der Waals surface area contributed by atoms with Crippen LogP contribution in [0, 0.1) is 0 Å². The molecule has 104 valence electrons. The predicted molar refractivity (Wildman–Crippen MR) is 79.4 cm³/mol. The SMILES string of the molecule is COc1ccc(Br)cc1CC(=O)N1CCCCCC1. The number of nitrogens with zero attached hydrogens (tertiary/aromatic N) is 1. The van der Waals surface area contributed by atoms with Gasteiger partial charge in [-0.1, -0.05) is 28.8 Å². The average molecular weight is 326 g/mol. The summed E-state index contributed by atoms with van der Waals surface area (Å²) in [6.07, 6.45) is 5.15. The molecule has 1 aromatic rings. The number of likely N-dealkylation sites (tertiary alicyclic amines) is 1. The number of amides is 1. The number of carbonyl (C=O) groups excluding carboxylic acids is 1. The number of rotatable bonds is 3. The highest BCUT2D eigenvalue weighted by molar-refractivity contribution is 9.10. The Labute approximate surface area is 123 Å². The van der Waals surface area contributed by atoms with Crippen LogP contribution in [-0.4, -0.2) is 31.0 Å². The van der Waals surface area contributed by atoms with Crippen molar-refractivity contribution >= 4 is 21.8 Å². The molecule has 1 heterocycles. The molecule has 1 aliphatic heterocycles. The first-order valence-corrected chi connectivity index (χ1v) is 7.60. The van der Waals surface area contributed by atoms with Crippen LogP contribution in [0.25, 0.3) is 0 Å². The fraction of sp³-hybridized carbons (Fsp3) is 0.533. The molecule has 1 amide bonds. The topological polar surface area (TPSA) is 29.5 Å². The Morgan fingerprint density at radius 3 is 2.58 bits per heavy atom. The lowest BCUT2D eigenvalue weighted by molar-refractivity contribution is -0.130. The summed E-state index contributed by atoms with van der Waals surface area (Å²) in [6, 6.07) is 5.79. The van der Waals surface area contributed by atoms with E-state index in [-0.39, 0.29) is 5.91 Å². The quantitative estimate of drug-likeness (QED) is 0.852. The standard InChI is InChI=1S/C15H20BrNO2/c1-19-14-7-6-13(16)10-12(14)11-15(18)17-8-4-2-3-5-9-17/h6-7,10H,2-5,8-9,11H2,1H3. The van der Waals surface area contributed by atoms with Gasteiger partial charge in [0.1, 0.15) is 5.75 Å². The number of carbonyl (C=O) groups is 1. The van der Waals surface area contributed by atoms with Crippen LogP contribution in [0.2, 0.25) is 0 Å². The van der Waals surface area contributed by atoms with E-state index in [2.05, 4.69) is 15.9 Å². The zero-order valence-corrected chi connectivity index (χ0v) is 12.9. The minimum absolute atomic E-state index is 0.207. The van der Waals surface area contributed by atoms with Crippen molar-refractivity contribution in [2.75, 3.05) is 20.2 Å². The van der Waals surface area contributed by atoms with E-state index in [4.69, 9.17) is 4.74 Å². The highest BCUT2D eigenvalue weighted by Gasteiger charge is 2.17. The van der Waals surface area contributed by atoms with Crippen LogP contribution < -0.4 is 4.74 Å². The number of hydrogen-bond donors (Lipinski definition) is 0. The predicted octanol–water partition coefficient (Wildman–Crippen LogP) is 3.40. The van der Waals surface area contributed by atoms with Gasteiger partial charge in [0.25, 0.3) is 0 Å². The molecule has 0 aliphatic carbocycles. The van der Waals surface area contributed by atoms with E-state index in [9.17, 15) is 4.79 Å². The van der Waals surface area contributed by atoms with Crippen molar-refractivity contribution in [2.24, 2.45) is 0 Å². The van der Waals surface area contributed by atoms with Crippen LogP contribution in [0.1, 0.15) is 31.2 Å². The number of methoxy groups -OCH3 is 1. The summed E-state index contributed by atoms with van der Waals surface area (Å²) in [5, 5.41) is 0. The molecule has 0 atom stereocenters. The maximum atomic E-state index is 12.4. The molecule has 0 unspecified atom stereocenters. The molecule has 0 N–H and O–H groups in total. The number of benzene rings is 1. The first-order chi connectivity index (χ1) is 9.20. The van der Waals surface area contributed by atoms with Gasteiger partial charge in [0.2, 0.25) is 5.91 Å². The lowest BCUT2D eigenvalue weighted by Crippen LogP contribution is -2.33. The zero-order valence-electron chi connectivity index (χ0n) is 11.3. The molecule has 4 heteroatoms. The highest BCUT2D eigenvalue weighted by atomic mass is 79.9.